The quantitative estimate of drug-likeness (QED) is 0.664. The molecule has 23 heavy (non-hydrogen) atoms. The van der Waals surface area contributed by atoms with Crippen molar-refractivity contribution in [2.45, 2.75) is 20.0 Å². The van der Waals surface area contributed by atoms with E-state index in [1.165, 1.54) is 12.1 Å². The molecule has 2 nitrogen and oxygen atoms in total. The summed E-state index contributed by atoms with van der Waals surface area (Å²) in [5, 5.41) is 3.72. The summed E-state index contributed by atoms with van der Waals surface area (Å²) < 4.78 is 39.4. The lowest BCUT2D eigenvalue weighted by Crippen LogP contribution is -2.08. The van der Waals surface area contributed by atoms with Crippen LogP contribution in [-0.2, 0) is 6.18 Å². The highest BCUT2D eigenvalue weighted by atomic mass is 19.4. The van der Waals surface area contributed by atoms with Gasteiger partial charge < -0.3 is 5.32 Å². The normalized spacial score (nSPS) is 11.7. The van der Waals surface area contributed by atoms with Crippen LogP contribution < -0.4 is 5.32 Å². The van der Waals surface area contributed by atoms with Gasteiger partial charge in [0.2, 0.25) is 0 Å². The first-order valence-electron chi connectivity index (χ1n) is 7.15. The smallest absolute Gasteiger partial charge is 0.354 e. The van der Waals surface area contributed by atoms with E-state index in [9.17, 15) is 13.2 Å². The molecule has 0 fully saturated rings. The average molecular weight is 316 g/mol. The Hall–Kier alpha value is -2.56. The summed E-state index contributed by atoms with van der Waals surface area (Å²) in [4.78, 5) is 4.33. The van der Waals surface area contributed by atoms with E-state index in [2.05, 4.69) is 10.3 Å². The number of para-hydroxylation sites is 1. The Bertz CT molecular complexity index is 870. The number of halogens is 3. The van der Waals surface area contributed by atoms with Crippen LogP contribution in [-0.4, -0.2) is 4.98 Å². The molecule has 3 aromatic rings. The minimum atomic E-state index is -4.40. The van der Waals surface area contributed by atoms with E-state index in [1.807, 2.05) is 26.0 Å². The highest BCUT2D eigenvalue weighted by molar-refractivity contribution is 5.95. The fourth-order valence-electron chi connectivity index (χ4n) is 2.71. The van der Waals surface area contributed by atoms with Gasteiger partial charge in [-0.2, -0.15) is 13.2 Å². The number of nitrogens with zero attached hydrogens (tertiary/aromatic N) is 1. The van der Waals surface area contributed by atoms with Gasteiger partial charge in [0.05, 0.1) is 16.8 Å². The van der Waals surface area contributed by atoms with Crippen molar-refractivity contribution in [3.63, 3.8) is 0 Å². The largest absolute Gasteiger partial charge is 0.418 e. The number of rotatable bonds is 2. The lowest BCUT2D eigenvalue weighted by atomic mass is 10.0. The van der Waals surface area contributed by atoms with Crippen molar-refractivity contribution in [3.05, 3.63) is 65.4 Å². The standard InChI is InChI=1S/C18H15F3N2/c1-11-9-12(2)17-13(10-11)15(7-8-22-17)23-16-6-4-3-5-14(16)18(19,20)21/h3-10H,1-2H3,(H,22,23). The second-order valence-electron chi connectivity index (χ2n) is 5.50. The third-order valence-corrected chi connectivity index (χ3v) is 3.68. The molecule has 1 N–H and O–H groups in total. The number of aryl methyl sites for hydroxylation is 2. The molecule has 5 heteroatoms. The fraction of sp³-hybridized carbons (Fsp3) is 0.167. The number of anilines is 2. The highest BCUT2D eigenvalue weighted by Gasteiger charge is 2.33. The van der Waals surface area contributed by atoms with Gasteiger partial charge in [-0.15, -0.1) is 0 Å². The minimum Gasteiger partial charge on any atom is -0.354 e. The van der Waals surface area contributed by atoms with Crippen molar-refractivity contribution in [1.29, 1.82) is 0 Å². The molecule has 118 valence electrons. The molecule has 0 aliphatic rings. The molecule has 0 radical (unpaired) electrons. The van der Waals surface area contributed by atoms with Gasteiger partial charge in [0.1, 0.15) is 0 Å². The molecule has 0 unspecified atom stereocenters. The molecule has 0 amide bonds. The van der Waals surface area contributed by atoms with E-state index in [4.69, 9.17) is 0 Å². The zero-order valence-electron chi connectivity index (χ0n) is 12.7. The second kappa shape index (κ2) is 5.57. The first-order chi connectivity index (χ1) is 10.9. The van der Waals surface area contributed by atoms with Gasteiger partial charge in [-0.3, -0.25) is 4.98 Å². The van der Waals surface area contributed by atoms with Crippen molar-refractivity contribution < 1.29 is 13.2 Å². The molecule has 0 atom stereocenters. The van der Waals surface area contributed by atoms with Gasteiger partial charge in [0.25, 0.3) is 0 Å². The van der Waals surface area contributed by atoms with Gasteiger partial charge in [-0.25, -0.2) is 0 Å². The summed E-state index contributed by atoms with van der Waals surface area (Å²) in [7, 11) is 0. The Morgan fingerprint density at radius 2 is 1.70 bits per heavy atom. The predicted octanol–water partition coefficient (Wildman–Crippen LogP) is 5.61. The molecule has 0 saturated carbocycles. The molecule has 0 bridgehead atoms. The molecule has 1 aromatic heterocycles. The van der Waals surface area contributed by atoms with E-state index < -0.39 is 11.7 Å². The van der Waals surface area contributed by atoms with E-state index >= 15 is 0 Å². The third-order valence-electron chi connectivity index (χ3n) is 3.68. The van der Waals surface area contributed by atoms with Crippen LogP contribution in [0.15, 0.2) is 48.7 Å². The topological polar surface area (TPSA) is 24.9 Å². The minimum absolute atomic E-state index is 0.0339. The first-order valence-corrected chi connectivity index (χ1v) is 7.15. The lowest BCUT2D eigenvalue weighted by Gasteiger charge is -2.16. The van der Waals surface area contributed by atoms with Gasteiger partial charge in [0, 0.05) is 17.3 Å². The Labute approximate surface area is 132 Å². The molecule has 0 spiro atoms. The summed E-state index contributed by atoms with van der Waals surface area (Å²) in [5.41, 5.74) is 2.77. The zero-order chi connectivity index (χ0) is 16.6. The maximum absolute atomic E-state index is 13.1. The number of benzene rings is 2. The van der Waals surface area contributed by atoms with E-state index in [0.717, 1.165) is 28.1 Å². The average Bonchev–Trinajstić information content (AvgIpc) is 2.47. The Balaban J connectivity index is 2.14. The molecule has 0 aliphatic carbocycles. The molecule has 0 aliphatic heterocycles. The molecular weight excluding hydrogens is 301 g/mol. The van der Waals surface area contributed by atoms with Gasteiger partial charge in [-0.1, -0.05) is 23.8 Å². The Kier molecular flexibility index (Phi) is 3.72. The van der Waals surface area contributed by atoms with Crippen LogP contribution in [0.1, 0.15) is 16.7 Å². The van der Waals surface area contributed by atoms with E-state index in [1.54, 1.807) is 18.3 Å². The van der Waals surface area contributed by atoms with Crippen LogP contribution >= 0.6 is 0 Å². The van der Waals surface area contributed by atoms with Crippen molar-refractivity contribution in [2.24, 2.45) is 0 Å². The maximum atomic E-state index is 13.1. The van der Waals surface area contributed by atoms with Crippen molar-refractivity contribution in [1.82, 2.24) is 4.98 Å². The summed E-state index contributed by atoms with van der Waals surface area (Å²) in [5.74, 6) is 0. The maximum Gasteiger partial charge on any atom is 0.418 e. The van der Waals surface area contributed by atoms with Gasteiger partial charge in [-0.05, 0) is 43.7 Å². The molecule has 2 aromatic carbocycles. The van der Waals surface area contributed by atoms with Crippen LogP contribution in [0.25, 0.3) is 10.9 Å². The SMILES string of the molecule is Cc1cc(C)c2nccc(Nc3ccccc3C(F)(F)F)c2c1. The van der Waals surface area contributed by atoms with Crippen LogP contribution in [0.2, 0.25) is 0 Å². The molecular formula is C18H15F3N2. The summed E-state index contributed by atoms with van der Waals surface area (Å²) in [6.07, 6.45) is -2.80. The Morgan fingerprint density at radius 1 is 0.957 bits per heavy atom. The number of pyridine rings is 1. The number of fused-ring (bicyclic) bond motifs is 1. The van der Waals surface area contributed by atoms with Gasteiger partial charge in [0.15, 0.2) is 0 Å². The lowest BCUT2D eigenvalue weighted by molar-refractivity contribution is -0.136. The summed E-state index contributed by atoms with van der Waals surface area (Å²) >= 11 is 0. The highest BCUT2D eigenvalue weighted by Crippen LogP contribution is 2.37. The zero-order valence-corrected chi connectivity index (χ0v) is 12.7. The Morgan fingerprint density at radius 3 is 2.43 bits per heavy atom. The van der Waals surface area contributed by atoms with Crippen molar-refractivity contribution in [3.8, 4) is 0 Å². The van der Waals surface area contributed by atoms with Crippen LogP contribution in [0.5, 0.6) is 0 Å². The van der Waals surface area contributed by atoms with Crippen LogP contribution in [0.3, 0.4) is 0 Å². The summed E-state index contributed by atoms with van der Waals surface area (Å²) in [6, 6.07) is 11.1. The number of hydrogen-bond acceptors (Lipinski definition) is 2. The van der Waals surface area contributed by atoms with Crippen LogP contribution in [0, 0.1) is 13.8 Å². The van der Waals surface area contributed by atoms with Crippen molar-refractivity contribution in [2.75, 3.05) is 5.32 Å². The summed E-state index contributed by atoms with van der Waals surface area (Å²) in [6.45, 7) is 3.89. The number of nitrogens with one attached hydrogen (secondary N) is 1. The number of aromatic nitrogens is 1. The number of hydrogen-bond donors (Lipinski definition) is 1. The third kappa shape index (κ3) is 2.99. The van der Waals surface area contributed by atoms with Gasteiger partial charge >= 0.3 is 6.18 Å². The number of alkyl halides is 3. The predicted molar refractivity (Wildman–Crippen MR) is 85.9 cm³/mol. The molecule has 0 saturated heterocycles. The van der Waals surface area contributed by atoms with Crippen LogP contribution in [0.4, 0.5) is 24.5 Å². The molecule has 3 rings (SSSR count). The van der Waals surface area contributed by atoms with E-state index in [-0.39, 0.29) is 5.69 Å². The second-order valence-corrected chi connectivity index (χ2v) is 5.50. The fourth-order valence-corrected chi connectivity index (χ4v) is 2.71. The molecule has 1 heterocycles. The van der Waals surface area contributed by atoms with E-state index in [0.29, 0.717) is 5.69 Å². The van der Waals surface area contributed by atoms with Crippen molar-refractivity contribution >= 4 is 22.3 Å². The monoisotopic (exact) mass is 316 g/mol. The first kappa shape index (κ1) is 15.3.